The van der Waals surface area contributed by atoms with Crippen molar-refractivity contribution >= 4 is 5.97 Å². The average Bonchev–Trinajstić information content (AvgIpc) is 2.49. The second-order valence-corrected chi connectivity index (χ2v) is 4.90. The molecule has 21 heavy (non-hydrogen) atoms. The van der Waals surface area contributed by atoms with Crippen LogP contribution in [0.3, 0.4) is 0 Å². The molecule has 0 aromatic heterocycles. The molecule has 0 spiro atoms. The summed E-state index contributed by atoms with van der Waals surface area (Å²) in [6.45, 7) is 5.89. The number of esters is 1. The minimum Gasteiger partial charge on any atom is -0.479 e. The molecule has 2 aromatic carbocycles. The highest BCUT2D eigenvalue weighted by Gasteiger charge is 2.15. The van der Waals surface area contributed by atoms with Gasteiger partial charge in [-0.05, 0) is 44.0 Å². The maximum absolute atomic E-state index is 11.5. The van der Waals surface area contributed by atoms with Crippen LogP contribution in [0.4, 0.5) is 0 Å². The molecule has 3 nitrogen and oxygen atoms in total. The van der Waals surface area contributed by atoms with E-state index < -0.39 is 6.10 Å². The van der Waals surface area contributed by atoms with E-state index in [4.69, 9.17) is 9.47 Å². The minimum atomic E-state index is -0.602. The summed E-state index contributed by atoms with van der Waals surface area (Å²) in [6, 6.07) is 16.1. The van der Waals surface area contributed by atoms with Crippen LogP contribution in [0.15, 0.2) is 48.5 Å². The Kier molecular flexibility index (Phi) is 4.99. The molecule has 0 aliphatic heterocycles. The Morgan fingerprint density at radius 2 is 1.52 bits per heavy atom. The van der Waals surface area contributed by atoms with Crippen LogP contribution in [-0.2, 0) is 9.53 Å². The Hall–Kier alpha value is -2.29. The first-order valence-corrected chi connectivity index (χ1v) is 7.10. The lowest BCUT2D eigenvalue weighted by Crippen LogP contribution is -2.25. The molecule has 0 N–H and O–H groups in total. The first-order chi connectivity index (χ1) is 10.1. The maximum Gasteiger partial charge on any atom is 0.347 e. The van der Waals surface area contributed by atoms with Crippen LogP contribution in [0.1, 0.15) is 19.4 Å². The van der Waals surface area contributed by atoms with Crippen molar-refractivity contribution in [3.63, 3.8) is 0 Å². The lowest BCUT2D eigenvalue weighted by atomic mass is 10.0. The molecule has 0 amide bonds. The molecule has 0 aliphatic carbocycles. The number of rotatable bonds is 5. The highest BCUT2D eigenvalue weighted by molar-refractivity contribution is 5.74. The zero-order valence-electron chi connectivity index (χ0n) is 12.6. The molecule has 2 aromatic rings. The molecule has 0 aliphatic rings. The van der Waals surface area contributed by atoms with Crippen molar-refractivity contribution in [1.29, 1.82) is 0 Å². The minimum absolute atomic E-state index is 0.347. The van der Waals surface area contributed by atoms with Gasteiger partial charge in [0.15, 0.2) is 6.10 Å². The first-order valence-electron chi connectivity index (χ1n) is 7.10. The van der Waals surface area contributed by atoms with Crippen LogP contribution >= 0.6 is 0 Å². The van der Waals surface area contributed by atoms with Gasteiger partial charge in [0.25, 0.3) is 0 Å². The fraction of sp³-hybridized carbons (Fsp3) is 0.278. The largest absolute Gasteiger partial charge is 0.479 e. The SMILES string of the molecule is CCOC(=O)[C@@H](C)Oc1ccc(-c2ccc(C)cc2)cc1. The standard InChI is InChI=1S/C18H20O3/c1-4-20-18(19)14(3)21-17-11-9-16(10-12-17)15-7-5-13(2)6-8-15/h5-12,14H,4H2,1-3H3/t14-/m1/s1. The lowest BCUT2D eigenvalue weighted by Gasteiger charge is -2.13. The number of benzene rings is 2. The van der Waals surface area contributed by atoms with Gasteiger partial charge in [0.1, 0.15) is 5.75 Å². The molecular weight excluding hydrogens is 264 g/mol. The molecule has 0 bridgehead atoms. The molecule has 2 rings (SSSR count). The van der Waals surface area contributed by atoms with Gasteiger partial charge in [0.2, 0.25) is 0 Å². The predicted octanol–water partition coefficient (Wildman–Crippen LogP) is 3.99. The van der Waals surface area contributed by atoms with Gasteiger partial charge >= 0.3 is 5.97 Å². The van der Waals surface area contributed by atoms with Crippen LogP contribution in [0.25, 0.3) is 11.1 Å². The molecule has 0 unspecified atom stereocenters. The second-order valence-electron chi connectivity index (χ2n) is 4.90. The van der Waals surface area contributed by atoms with Crippen molar-refractivity contribution in [3.05, 3.63) is 54.1 Å². The number of ether oxygens (including phenoxy) is 2. The fourth-order valence-corrected chi connectivity index (χ4v) is 1.98. The van der Waals surface area contributed by atoms with Gasteiger partial charge in [-0.1, -0.05) is 42.0 Å². The van der Waals surface area contributed by atoms with Gasteiger partial charge < -0.3 is 9.47 Å². The van der Waals surface area contributed by atoms with Crippen LogP contribution in [-0.4, -0.2) is 18.7 Å². The van der Waals surface area contributed by atoms with E-state index in [1.54, 1.807) is 13.8 Å². The van der Waals surface area contributed by atoms with Crippen LogP contribution in [0.2, 0.25) is 0 Å². The zero-order valence-corrected chi connectivity index (χ0v) is 12.6. The molecule has 0 saturated heterocycles. The molecule has 110 valence electrons. The highest BCUT2D eigenvalue weighted by atomic mass is 16.6. The van der Waals surface area contributed by atoms with E-state index in [-0.39, 0.29) is 5.97 Å². The summed E-state index contributed by atoms with van der Waals surface area (Å²) in [4.78, 5) is 11.5. The van der Waals surface area contributed by atoms with Gasteiger partial charge in [0, 0.05) is 0 Å². The Bertz CT molecular complexity index is 585. The van der Waals surface area contributed by atoms with E-state index in [1.807, 2.05) is 24.3 Å². The van der Waals surface area contributed by atoms with Crippen molar-refractivity contribution in [2.75, 3.05) is 6.61 Å². The molecule has 0 radical (unpaired) electrons. The molecular formula is C18H20O3. The summed E-state index contributed by atoms with van der Waals surface area (Å²) < 4.78 is 10.5. The summed E-state index contributed by atoms with van der Waals surface area (Å²) >= 11 is 0. The third kappa shape index (κ3) is 4.09. The summed E-state index contributed by atoms with van der Waals surface area (Å²) in [5.74, 6) is 0.312. The zero-order chi connectivity index (χ0) is 15.2. The third-order valence-electron chi connectivity index (χ3n) is 3.17. The van der Waals surface area contributed by atoms with Gasteiger partial charge in [-0.2, -0.15) is 0 Å². The summed E-state index contributed by atoms with van der Waals surface area (Å²) in [7, 11) is 0. The average molecular weight is 284 g/mol. The van der Waals surface area contributed by atoms with E-state index in [9.17, 15) is 4.79 Å². The Balaban J connectivity index is 2.05. The Morgan fingerprint density at radius 3 is 2.05 bits per heavy atom. The number of hydrogen-bond donors (Lipinski definition) is 0. The normalized spacial score (nSPS) is 11.8. The van der Waals surface area contributed by atoms with Gasteiger partial charge in [-0.15, -0.1) is 0 Å². The van der Waals surface area contributed by atoms with Crippen molar-refractivity contribution in [2.24, 2.45) is 0 Å². The fourth-order valence-electron chi connectivity index (χ4n) is 1.98. The van der Waals surface area contributed by atoms with E-state index in [0.29, 0.717) is 12.4 Å². The van der Waals surface area contributed by atoms with Gasteiger partial charge in [0.05, 0.1) is 6.61 Å². The van der Waals surface area contributed by atoms with Crippen molar-refractivity contribution < 1.29 is 14.3 Å². The van der Waals surface area contributed by atoms with E-state index in [1.165, 1.54) is 5.56 Å². The Morgan fingerprint density at radius 1 is 1.00 bits per heavy atom. The molecule has 0 saturated carbocycles. The van der Waals surface area contributed by atoms with Gasteiger partial charge in [-0.3, -0.25) is 0 Å². The topological polar surface area (TPSA) is 35.5 Å². The van der Waals surface area contributed by atoms with Gasteiger partial charge in [-0.25, -0.2) is 4.79 Å². The van der Waals surface area contributed by atoms with Crippen LogP contribution in [0.5, 0.6) is 5.75 Å². The number of aryl methyl sites for hydroxylation is 1. The van der Waals surface area contributed by atoms with E-state index >= 15 is 0 Å². The van der Waals surface area contributed by atoms with E-state index in [0.717, 1.165) is 11.1 Å². The van der Waals surface area contributed by atoms with Crippen molar-refractivity contribution in [1.82, 2.24) is 0 Å². The molecule has 0 fully saturated rings. The molecule has 3 heteroatoms. The maximum atomic E-state index is 11.5. The lowest BCUT2D eigenvalue weighted by molar-refractivity contribution is -0.150. The number of carbonyl (C=O) groups is 1. The monoisotopic (exact) mass is 284 g/mol. The first kappa shape index (κ1) is 15.1. The third-order valence-corrected chi connectivity index (χ3v) is 3.17. The molecule has 1 atom stereocenters. The van der Waals surface area contributed by atoms with Crippen LogP contribution < -0.4 is 4.74 Å². The Labute approximate surface area is 125 Å². The number of carbonyl (C=O) groups excluding carboxylic acids is 1. The van der Waals surface area contributed by atoms with Crippen molar-refractivity contribution in [2.45, 2.75) is 26.9 Å². The van der Waals surface area contributed by atoms with Crippen molar-refractivity contribution in [3.8, 4) is 16.9 Å². The summed E-state index contributed by atoms with van der Waals surface area (Å²) in [5.41, 5.74) is 3.51. The van der Waals surface area contributed by atoms with E-state index in [2.05, 4.69) is 31.2 Å². The molecule has 0 heterocycles. The van der Waals surface area contributed by atoms with Crippen LogP contribution in [0, 0.1) is 6.92 Å². The number of hydrogen-bond acceptors (Lipinski definition) is 3. The smallest absolute Gasteiger partial charge is 0.347 e. The summed E-state index contributed by atoms with van der Waals surface area (Å²) in [5, 5.41) is 0. The summed E-state index contributed by atoms with van der Waals surface area (Å²) in [6.07, 6.45) is -0.602. The highest BCUT2D eigenvalue weighted by Crippen LogP contribution is 2.23. The quantitative estimate of drug-likeness (QED) is 0.779. The second kappa shape index (κ2) is 6.93. The predicted molar refractivity (Wildman–Crippen MR) is 83.3 cm³/mol.